The molecule has 6 aliphatic heterocycles. The van der Waals surface area contributed by atoms with Crippen LogP contribution in [0.5, 0.6) is 0 Å². The minimum Gasteiger partial charge on any atom is -0.340 e. The zero-order valence-electron chi connectivity index (χ0n) is 69.6. The monoisotopic (exact) mass is 1610 g/mol. The van der Waals surface area contributed by atoms with Gasteiger partial charge in [0.25, 0.3) is 11.8 Å². The van der Waals surface area contributed by atoms with Gasteiger partial charge < -0.3 is 82.6 Å². The fourth-order valence-corrected chi connectivity index (χ4v) is 15.1. The van der Waals surface area contributed by atoms with Crippen LogP contribution in [-0.4, -0.2) is 212 Å². The summed E-state index contributed by atoms with van der Waals surface area (Å²) in [6.45, 7) is 27.5. The fourth-order valence-electron chi connectivity index (χ4n) is 15.1. The molecule has 0 fully saturated rings. The Balaban J connectivity index is 0.000000177. The highest BCUT2D eigenvalue weighted by atomic mass is 16.2. The highest BCUT2D eigenvalue weighted by Crippen LogP contribution is 2.42. The Labute approximate surface area is 696 Å². The minimum absolute atomic E-state index is 0.0910. The molecule has 27 nitrogen and oxygen atoms in total. The molecule has 0 spiro atoms. The number of likely N-dealkylation sites (N-methyl/N-ethyl adjacent to an activating group) is 3. The molecule has 3 atom stereocenters. The topological polar surface area (TPSA) is 313 Å². The van der Waals surface area contributed by atoms with Crippen molar-refractivity contribution in [3.8, 4) is 0 Å². The second kappa shape index (κ2) is 38.1. The van der Waals surface area contributed by atoms with E-state index in [1.54, 1.807) is 53.4 Å². The van der Waals surface area contributed by atoms with Crippen molar-refractivity contribution in [2.45, 2.75) is 76.3 Å². The van der Waals surface area contributed by atoms with Crippen LogP contribution in [0.15, 0.2) is 274 Å². The Morgan fingerprint density at radius 2 is 0.681 bits per heavy atom. The summed E-state index contributed by atoms with van der Waals surface area (Å²) in [4.78, 5) is 127. The first kappa shape index (κ1) is 86.5. The number of carbonyl (C=O) groups is 8. The van der Waals surface area contributed by atoms with Gasteiger partial charge in [0.05, 0.1) is 74.0 Å². The number of hydrogen-bond donors (Lipinski definition) is 10. The number of urea groups is 3. The summed E-state index contributed by atoms with van der Waals surface area (Å²) in [5, 5.41) is 30.4. The van der Waals surface area contributed by atoms with Crippen LogP contribution in [0.25, 0.3) is 0 Å². The van der Waals surface area contributed by atoms with E-state index in [1.165, 1.54) is 12.2 Å². The number of hydrogen-bond acceptors (Lipinski definition) is 16. The summed E-state index contributed by atoms with van der Waals surface area (Å²) in [5.41, 5.74) is 12.6. The largest absolute Gasteiger partial charge is 0.340 e. The summed E-state index contributed by atoms with van der Waals surface area (Å²) in [6, 6.07) is 57.0. The van der Waals surface area contributed by atoms with Gasteiger partial charge in [0, 0.05) is 81.6 Å². The predicted molar refractivity (Wildman–Crippen MR) is 474 cm³/mol. The zero-order chi connectivity index (χ0) is 85.5. The summed E-state index contributed by atoms with van der Waals surface area (Å²) in [5.74, 6) is 0.366. The van der Waals surface area contributed by atoms with Gasteiger partial charge in [-0.15, -0.1) is 0 Å². The van der Waals surface area contributed by atoms with Gasteiger partial charge in [-0.05, 0) is 220 Å². The number of aliphatic imine (C=N–C) groups is 3. The van der Waals surface area contributed by atoms with Crippen LogP contribution in [0, 0.1) is 0 Å². The number of rotatable bonds is 23. The second-order valence-corrected chi connectivity index (χ2v) is 31.9. The van der Waals surface area contributed by atoms with Crippen molar-refractivity contribution in [1.82, 2.24) is 50.7 Å². The molecule has 0 aliphatic carbocycles. The number of benzene rings is 7. The first-order valence-corrected chi connectivity index (χ1v) is 39.4. The average molecular weight is 1610 g/mol. The van der Waals surface area contributed by atoms with Crippen LogP contribution in [0.3, 0.4) is 0 Å². The van der Waals surface area contributed by atoms with E-state index in [0.717, 1.165) is 79.3 Å². The summed E-state index contributed by atoms with van der Waals surface area (Å²) < 4.78 is 0. The van der Waals surface area contributed by atoms with Gasteiger partial charge in [0.1, 0.15) is 17.5 Å². The number of carbonyl (C=O) groups excluding carboxylic acids is 8. The lowest BCUT2D eigenvalue weighted by Gasteiger charge is -2.36. The maximum absolute atomic E-state index is 13.7. The van der Waals surface area contributed by atoms with E-state index in [-0.39, 0.29) is 65.8 Å². The number of nitrogens with zero attached hydrogens (tertiary/aromatic N) is 9. The molecule has 7 aromatic carbocycles. The highest BCUT2D eigenvalue weighted by Gasteiger charge is 2.49. The molecule has 13 rings (SSSR count). The van der Waals surface area contributed by atoms with Crippen molar-refractivity contribution in [3.05, 3.63) is 287 Å². The smallest absolute Gasteiger partial charge is 0.318 e. The van der Waals surface area contributed by atoms with Crippen molar-refractivity contribution in [2.75, 3.05) is 133 Å². The van der Waals surface area contributed by atoms with Gasteiger partial charge in [-0.3, -0.25) is 38.9 Å². The molecular weight excluding hydrogens is 1500 g/mol. The number of amides is 11. The highest BCUT2D eigenvalue weighted by molar-refractivity contribution is 6.16. The Bertz CT molecular complexity index is 5180. The van der Waals surface area contributed by atoms with Gasteiger partial charge in [0.15, 0.2) is 0 Å². The third kappa shape index (κ3) is 21.3. The van der Waals surface area contributed by atoms with Gasteiger partial charge in [0.2, 0.25) is 17.7 Å². The van der Waals surface area contributed by atoms with E-state index in [9.17, 15) is 38.4 Å². The van der Waals surface area contributed by atoms with Crippen molar-refractivity contribution in [1.29, 1.82) is 0 Å². The van der Waals surface area contributed by atoms with E-state index in [4.69, 9.17) is 9.98 Å². The normalized spacial score (nSPS) is 16.3. The average Bonchev–Trinajstić information content (AvgIpc) is 1.60. The molecule has 618 valence electrons. The summed E-state index contributed by atoms with van der Waals surface area (Å²) in [7, 11) is 12.0. The number of anilines is 6. The summed E-state index contributed by atoms with van der Waals surface area (Å²) in [6.07, 6.45) is 3.63. The lowest BCUT2D eigenvalue weighted by atomic mass is 9.94. The van der Waals surface area contributed by atoms with Crippen LogP contribution in [0.2, 0.25) is 0 Å². The molecule has 0 saturated carbocycles. The molecule has 0 radical (unpaired) electrons. The predicted octanol–water partition coefficient (Wildman–Crippen LogP) is 12.7. The van der Waals surface area contributed by atoms with Crippen molar-refractivity contribution in [3.63, 3.8) is 0 Å². The van der Waals surface area contributed by atoms with Gasteiger partial charge in [-0.2, -0.15) is 0 Å². The quantitative estimate of drug-likeness (QED) is 0.0267. The van der Waals surface area contributed by atoms with Gasteiger partial charge in [-0.1, -0.05) is 123 Å². The molecular formula is C92H107N19O8. The molecule has 10 N–H and O–H groups in total. The fraction of sp³-hybridized carbons (Fsp3) is 0.293. The Morgan fingerprint density at radius 3 is 1.07 bits per heavy atom. The summed E-state index contributed by atoms with van der Waals surface area (Å²) >= 11 is 0. The maximum atomic E-state index is 13.7. The Hall–Kier alpha value is -13.4. The first-order chi connectivity index (χ1) is 56.8. The molecule has 119 heavy (non-hydrogen) atoms. The maximum Gasteiger partial charge on any atom is 0.318 e. The van der Waals surface area contributed by atoms with Crippen LogP contribution in [0.4, 0.5) is 48.5 Å². The SMILES string of the molecule is C=CC(=O)Nc1ccc(C(=O)Nc2cccc(C(=O)NC3=NCC4=C3CN(C(=O)N[C@H](CN(C)C)c3ccccc3)C4(C)C)c2)cc1.C=CC(=O)Nc1ccc(NC2=NCC3=C2CN(C(=O)N[C@H](CN(C)C)c2ccccc2)C3(C)C)cc1.C=CC(=O)Nc1cccc(NC2=NCC3=C2CN(C(=O)N[C@H](CN(C)C)c2ccccc2)C3(C)C)c1. The molecule has 0 saturated heterocycles. The Kier molecular flexibility index (Phi) is 27.7. The lowest BCUT2D eigenvalue weighted by Crippen LogP contribution is -2.52. The lowest BCUT2D eigenvalue weighted by molar-refractivity contribution is -0.112. The van der Waals surface area contributed by atoms with Gasteiger partial charge >= 0.3 is 18.1 Å². The van der Waals surface area contributed by atoms with E-state index in [1.807, 2.05) is 210 Å². The van der Waals surface area contributed by atoms with E-state index in [0.29, 0.717) is 98.6 Å². The third-order valence-corrected chi connectivity index (χ3v) is 21.6. The molecule has 0 aromatic heterocycles. The molecule has 0 bridgehead atoms. The molecule has 6 heterocycles. The minimum atomic E-state index is -0.603. The van der Waals surface area contributed by atoms with Crippen molar-refractivity contribution >= 4 is 99.3 Å². The van der Waals surface area contributed by atoms with Crippen LogP contribution < -0.4 is 53.2 Å². The van der Waals surface area contributed by atoms with Crippen molar-refractivity contribution < 1.29 is 38.4 Å². The number of nitrogens with one attached hydrogen (secondary N) is 10. The van der Waals surface area contributed by atoms with Crippen LogP contribution in [-0.2, 0) is 14.4 Å². The first-order valence-electron chi connectivity index (χ1n) is 39.4. The van der Waals surface area contributed by atoms with Gasteiger partial charge in [-0.25, -0.2) is 14.4 Å². The molecule has 27 heteroatoms. The standard InChI is InChI=1S/C36H39N7O4.2C28H34N6O2/c1-6-31(44)38-26-17-15-24(16-18-26)33(45)39-27-14-10-13-25(19-27)34(46)41-32-28-21-43(36(2,3)29(28)20-37-32)35(47)40-30(22-42(4)5)23-11-8-7-9-12-23;1-6-25(35)30-20-13-10-14-21(15-20)31-26-22-17-34(28(2,3)23(22)16-29-26)27(36)32-24(18-33(4)5)19-11-8-7-9-12-19;1-6-25(35)30-20-12-14-21(15-13-20)31-26-22-17-34(28(2,3)23(22)16-29-26)27(36)32-24(18-33(4)5)19-10-8-7-9-11-19/h6-19,30H,1,20-22H2,2-5H3,(H,38,44)(H,39,45)(H,40,47)(H,37,41,46);2*6-15,24H,1,16-18H2,2-5H3,(H,29,31)(H,30,35)(H,32,36)/t30-;2*24-/m111/s1. The molecule has 6 aliphatic rings. The van der Waals surface area contributed by atoms with E-state index >= 15 is 0 Å². The van der Waals surface area contributed by atoms with E-state index in [2.05, 4.69) is 115 Å². The second-order valence-electron chi connectivity index (χ2n) is 31.9. The number of amidine groups is 3. The van der Waals surface area contributed by atoms with Crippen LogP contribution >= 0.6 is 0 Å². The molecule has 0 unspecified atom stereocenters. The van der Waals surface area contributed by atoms with E-state index < -0.39 is 16.6 Å². The van der Waals surface area contributed by atoms with Crippen LogP contribution in [0.1, 0.15) is 97.1 Å². The Morgan fingerprint density at radius 1 is 0.361 bits per heavy atom. The zero-order valence-corrected chi connectivity index (χ0v) is 69.6. The molecule has 11 amide bonds. The molecule has 7 aromatic rings. The van der Waals surface area contributed by atoms with Crippen molar-refractivity contribution in [2.24, 2.45) is 15.0 Å². The third-order valence-electron chi connectivity index (χ3n) is 21.6.